The van der Waals surface area contributed by atoms with Crippen LogP contribution in [0.2, 0.25) is 0 Å². The van der Waals surface area contributed by atoms with Crippen molar-refractivity contribution in [1.82, 2.24) is 0 Å². The Bertz CT molecular complexity index is 1200. The van der Waals surface area contributed by atoms with E-state index in [1.807, 2.05) is 50.2 Å². The fraction of sp³-hybridized carbons (Fsp3) is 0.185. The Kier molecular flexibility index (Phi) is 7.09. The predicted octanol–water partition coefficient (Wildman–Crippen LogP) is 6.82. The number of halogens is 1. The third-order valence-electron chi connectivity index (χ3n) is 5.21. The Labute approximate surface area is 192 Å². The van der Waals surface area contributed by atoms with E-state index in [-0.39, 0.29) is 5.57 Å². The first-order valence-corrected chi connectivity index (χ1v) is 10.9. The predicted molar refractivity (Wildman–Crippen MR) is 131 cm³/mol. The number of rotatable bonds is 5. The molecule has 0 heterocycles. The molecule has 1 N–H and O–H groups in total. The SMILES string of the molecule is Cc1cc(C)cc(Cc2ccc(Br)cc2/C=C(\C#N)C(=O)Nc2ccc(C)c(C)c2)c1. The number of carbonyl (C=O) groups excluding carboxylic acids is 1. The molecule has 0 bridgehead atoms. The molecular weight excluding hydrogens is 448 g/mol. The first kappa shape index (κ1) is 22.5. The first-order chi connectivity index (χ1) is 14.7. The minimum absolute atomic E-state index is 0.0676. The van der Waals surface area contributed by atoms with Crippen LogP contribution in [0.15, 0.2) is 64.6 Å². The molecule has 156 valence electrons. The average Bonchev–Trinajstić information content (AvgIpc) is 2.70. The van der Waals surface area contributed by atoms with Gasteiger partial charge in [0, 0.05) is 10.2 Å². The van der Waals surface area contributed by atoms with Crippen molar-refractivity contribution in [3.63, 3.8) is 0 Å². The molecule has 31 heavy (non-hydrogen) atoms. The highest BCUT2D eigenvalue weighted by molar-refractivity contribution is 9.10. The van der Waals surface area contributed by atoms with E-state index in [2.05, 4.69) is 59.4 Å². The first-order valence-electron chi connectivity index (χ1n) is 10.1. The molecule has 4 heteroatoms. The normalized spacial score (nSPS) is 11.2. The smallest absolute Gasteiger partial charge is 0.266 e. The number of nitriles is 1. The summed E-state index contributed by atoms with van der Waals surface area (Å²) < 4.78 is 0.898. The van der Waals surface area contributed by atoms with Gasteiger partial charge < -0.3 is 5.32 Å². The summed E-state index contributed by atoms with van der Waals surface area (Å²) in [6, 6.07) is 20.2. The fourth-order valence-corrected chi connectivity index (χ4v) is 3.95. The summed E-state index contributed by atoms with van der Waals surface area (Å²) >= 11 is 3.51. The Balaban J connectivity index is 1.92. The molecule has 1 amide bonds. The van der Waals surface area contributed by atoms with Crippen LogP contribution in [0.5, 0.6) is 0 Å². The van der Waals surface area contributed by atoms with Gasteiger partial charge in [-0.1, -0.05) is 57.4 Å². The van der Waals surface area contributed by atoms with Crippen LogP contribution in [0.1, 0.15) is 38.9 Å². The van der Waals surface area contributed by atoms with Gasteiger partial charge in [-0.3, -0.25) is 4.79 Å². The zero-order valence-corrected chi connectivity index (χ0v) is 19.8. The molecule has 3 nitrogen and oxygen atoms in total. The van der Waals surface area contributed by atoms with Crippen molar-refractivity contribution in [1.29, 1.82) is 5.26 Å². The van der Waals surface area contributed by atoms with E-state index in [0.717, 1.165) is 33.1 Å². The van der Waals surface area contributed by atoms with Crippen LogP contribution in [0, 0.1) is 39.0 Å². The topological polar surface area (TPSA) is 52.9 Å². The molecule has 0 unspecified atom stereocenters. The molecule has 0 saturated heterocycles. The quantitative estimate of drug-likeness (QED) is 0.327. The van der Waals surface area contributed by atoms with Crippen molar-refractivity contribution in [3.05, 3.63) is 104 Å². The molecule has 0 fully saturated rings. The van der Waals surface area contributed by atoms with Gasteiger partial charge in [-0.05, 0) is 92.3 Å². The molecule has 0 aromatic heterocycles. The Hall–Kier alpha value is -3.16. The highest BCUT2D eigenvalue weighted by Gasteiger charge is 2.12. The molecule has 0 aliphatic heterocycles. The number of aryl methyl sites for hydroxylation is 4. The van der Waals surface area contributed by atoms with Gasteiger partial charge in [0.15, 0.2) is 0 Å². The van der Waals surface area contributed by atoms with Gasteiger partial charge in [-0.2, -0.15) is 5.26 Å². The van der Waals surface area contributed by atoms with Gasteiger partial charge in [-0.25, -0.2) is 0 Å². The zero-order valence-electron chi connectivity index (χ0n) is 18.2. The lowest BCUT2D eigenvalue weighted by Gasteiger charge is -2.11. The molecule has 0 saturated carbocycles. The maximum absolute atomic E-state index is 12.8. The van der Waals surface area contributed by atoms with Crippen LogP contribution >= 0.6 is 15.9 Å². The monoisotopic (exact) mass is 472 g/mol. The summed E-state index contributed by atoms with van der Waals surface area (Å²) in [6.45, 7) is 8.19. The Morgan fingerprint density at radius 1 is 0.968 bits per heavy atom. The second kappa shape index (κ2) is 9.76. The zero-order chi connectivity index (χ0) is 22.5. The van der Waals surface area contributed by atoms with Crippen molar-refractivity contribution in [2.45, 2.75) is 34.1 Å². The van der Waals surface area contributed by atoms with Gasteiger partial charge in [0.05, 0.1) is 0 Å². The highest BCUT2D eigenvalue weighted by atomic mass is 79.9. The molecule has 0 radical (unpaired) electrons. The molecule has 0 aliphatic carbocycles. The average molecular weight is 473 g/mol. The molecule has 0 atom stereocenters. The highest BCUT2D eigenvalue weighted by Crippen LogP contribution is 2.24. The number of hydrogen-bond acceptors (Lipinski definition) is 2. The number of amides is 1. The van der Waals surface area contributed by atoms with Crippen LogP contribution in [-0.2, 0) is 11.2 Å². The van der Waals surface area contributed by atoms with Crippen molar-refractivity contribution >= 4 is 33.6 Å². The second-order valence-corrected chi connectivity index (χ2v) is 8.85. The van der Waals surface area contributed by atoms with Gasteiger partial charge in [0.2, 0.25) is 0 Å². The van der Waals surface area contributed by atoms with Crippen molar-refractivity contribution in [3.8, 4) is 6.07 Å². The van der Waals surface area contributed by atoms with Crippen LogP contribution in [0.3, 0.4) is 0 Å². The van der Waals surface area contributed by atoms with Crippen LogP contribution in [0.4, 0.5) is 5.69 Å². The molecule has 0 spiro atoms. The number of nitrogens with zero attached hydrogens (tertiary/aromatic N) is 1. The minimum Gasteiger partial charge on any atom is -0.321 e. The van der Waals surface area contributed by atoms with E-state index < -0.39 is 5.91 Å². The summed E-state index contributed by atoms with van der Waals surface area (Å²) in [5.74, 6) is -0.414. The van der Waals surface area contributed by atoms with Gasteiger partial charge in [0.1, 0.15) is 11.6 Å². The number of benzene rings is 3. The van der Waals surface area contributed by atoms with Crippen molar-refractivity contribution in [2.24, 2.45) is 0 Å². The van der Waals surface area contributed by atoms with Gasteiger partial charge in [-0.15, -0.1) is 0 Å². The van der Waals surface area contributed by atoms with E-state index in [4.69, 9.17) is 0 Å². The molecular formula is C27H25BrN2O. The number of hydrogen-bond donors (Lipinski definition) is 1. The number of carbonyl (C=O) groups is 1. The Morgan fingerprint density at radius 2 is 1.68 bits per heavy atom. The van der Waals surface area contributed by atoms with Crippen LogP contribution < -0.4 is 5.32 Å². The minimum atomic E-state index is -0.414. The van der Waals surface area contributed by atoms with Gasteiger partial charge >= 0.3 is 0 Å². The fourth-order valence-electron chi connectivity index (χ4n) is 3.57. The third-order valence-corrected chi connectivity index (χ3v) is 5.71. The summed E-state index contributed by atoms with van der Waals surface area (Å²) in [5, 5.41) is 12.5. The summed E-state index contributed by atoms with van der Waals surface area (Å²) in [7, 11) is 0. The number of nitrogens with one attached hydrogen (secondary N) is 1. The molecule has 3 rings (SSSR count). The Morgan fingerprint density at radius 3 is 2.32 bits per heavy atom. The van der Waals surface area contributed by atoms with E-state index in [0.29, 0.717) is 5.69 Å². The van der Waals surface area contributed by atoms with E-state index in [1.54, 1.807) is 6.08 Å². The summed E-state index contributed by atoms with van der Waals surface area (Å²) in [4.78, 5) is 12.8. The maximum Gasteiger partial charge on any atom is 0.266 e. The van der Waals surface area contributed by atoms with Crippen molar-refractivity contribution in [2.75, 3.05) is 5.32 Å². The van der Waals surface area contributed by atoms with Gasteiger partial charge in [0.25, 0.3) is 5.91 Å². The summed E-state index contributed by atoms with van der Waals surface area (Å²) in [5.41, 5.74) is 8.52. The van der Waals surface area contributed by atoms with Crippen molar-refractivity contribution < 1.29 is 4.79 Å². The standard InChI is InChI=1S/C27H25BrN2O/c1-17-9-18(2)11-21(10-17)13-22-6-7-25(28)15-23(22)14-24(16-29)27(31)30-26-8-5-19(3)20(4)12-26/h5-12,14-15H,13H2,1-4H3,(H,30,31)/b24-14+. The largest absolute Gasteiger partial charge is 0.321 e. The summed E-state index contributed by atoms with van der Waals surface area (Å²) in [6.07, 6.45) is 2.39. The second-order valence-electron chi connectivity index (χ2n) is 7.94. The van der Waals surface area contributed by atoms with E-state index in [9.17, 15) is 10.1 Å². The molecule has 3 aromatic rings. The molecule has 3 aromatic carbocycles. The van der Waals surface area contributed by atoms with E-state index >= 15 is 0 Å². The lowest BCUT2D eigenvalue weighted by Crippen LogP contribution is -2.13. The third kappa shape index (κ3) is 5.93. The lowest BCUT2D eigenvalue weighted by molar-refractivity contribution is -0.112. The lowest BCUT2D eigenvalue weighted by atomic mass is 9.96. The molecule has 0 aliphatic rings. The van der Waals surface area contributed by atoms with Crippen LogP contribution in [-0.4, -0.2) is 5.91 Å². The van der Waals surface area contributed by atoms with Crippen LogP contribution in [0.25, 0.3) is 6.08 Å². The maximum atomic E-state index is 12.8. The van der Waals surface area contributed by atoms with E-state index in [1.165, 1.54) is 16.7 Å². The number of anilines is 1.